The number of carbonyl (C=O) groups excluding carboxylic acids is 3. The van der Waals surface area contributed by atoms with Crippen molar-refractivity contribution in [1.29, 1.82) is 0 Å². The number of imide groups is 2. The highest BCUT2D eigenvalue weighted by molar-refractivity contribution is 6.39. The molecule has 0 radical (unpaired) electrons. The summed E-state index contributed by atoms with van der Waals surface area (Å²) in [7, 11) is 2.76. The van der Waals surface area contributed by atoms with E-state index in [1.54, 1.807) is 24.3 Å². The number of barbiturate groups is 1. The zero-order valence-electron chi connectivity index (χ0n) is 14.8. The van der Waals surface area contributed by atoms with Crippen molar-refractivity contribution >= 4 is 52.8 Å². The summed E-state index contributed by atoms with van der Waals surface area (Å²) in [4.78, 5) is 38.4. The fourth-order valence-electron chi connectivity index (χ4n) is 2.62. The van der Waals surface area contributed by atoms with Gasteiger partial charge in [-0.1, -0.05) is 35.3 Å². The number of hydrogen-bond acceptors (Lipinski definition) is 5. The fourth-order valence-corrected chi connectivity index (χ4v) is 2.98. The Balaban J connectivity index is 2.09. The van der Waals surface area contributed by atoms with E-state index >= 15 is 0 Å². The van der Waals surface area contributed by atoms with E-state index in [0.29, 0.717) is 10.6 Å². The molecule has 144 valence electrons. The number of rotatable bonds is 4. The van der Waals surface area contributed by atoms with Crippen LogP contribution in [-0.4, -0.2) is 32.1 Å². The van der Waals surface area contributed by atoms with Crippen LogP contribution in [0.15, 0.2) is 42.0 Å². The van der Waals surface area contributed by atoms with Gasteiger partial charge < -0.3 is 9.47 Å². The zero-order chi connectivity index (χ0) is 20.4. The lowest BCUT2D eigenvalue weighted by Gasteiger charge is -2.28. The number of nitrogens with one attached hydrogen (secondary N) is 1. The van der Waals surface area contributed by atoms with E-state index in [0.717, 1.165) is 4.90 Å². The Morgan fingerprint density at radius 1 is 0.964 bits per heavy atom. The van der Waals surface area contributed by atoms with Gasteiger partial charge in [0.15, 0.2) is 0 Å². The molecule has 1 fully saturated rings. The third kappa shape index (κ3) is 3.67. The third-order valence-electron chi connectivity index (χ3n) is 3.98. The maximum atomic E-state index is 13.0. The quantitative estimate of drug-likeness (QED) is 0.602. The van der Waals surface area contributed by atoms with E-state index in [2.05, 4.69) is 5.32 Å². The van der Waals surface area contributed by atoms with Crippen molar-refractivity contribution in [3.05, 3.63) is 57.6 Å². The van der Waals surface area contributed by atoms with E-state index in [1.807, 2.05) is 0 Å². The smallest absolute Gasteiger partial charge is 0.336 e. The van der Waals surface area contributed by atoms with Crippen molar-refractivity contribution in [2.24, 2.45) is 0 Å². The first-order valence-corrected chi connectivity index (χ1v) is 8.70. The fraction of sp³-hybridized carbons (Fsp3) is 0.105. The number of urea groups is 1. The van der Waals surface area contributed by atoms with Gasteiger partial charge in [0.2, 0.25) is 0 Å². The summed E-state index contributed by atoms with van der Waals surface area (Å²) in [6, 6.07) is 8.41. The van der Waals surface area contributed by atoms with Gasteiger partial charge in [-0.25, -0.2) is 9.69 Å². The molecule has 2 aromatic carbocycles. The van der Waals surface area contributed by atoms with E-state index in [4.69, 9.17) is 32.7 Å². The number of amides is 4. The largest absolute Gasteiger partial charge is 0.495 e. The van der Waals surface area contributed by atoms with E-state index < -0.39 is 17.8 Å². The molecule has 0 aliphatic carbocycles. The Morgan fingerprint density at radius 2 is 1.61 bits per heavy atom. The van der Waals surface area contributed by atoms with Crippen LogP contribution in [0.3, 0.4) is 0 Å². The summed E-state index contributed by atoms with van der Waals surface area (Å²) < 4.78 is 10.4. The summed E-state index contributed by atoms with van der Waals surface area (Å²) >= 11 is 11.9. The number of ether oxygens (including phenoxy) is 2. The molecule has 1 saturated heterocycles. The van der Waals surface area contributed by atoms with Crippen LogP contribution in [0, 0.1) is 0 Å². The molecule has 0 unspecified atom stereocenters. The molecule has 2 aromatic rings. The van der Waals surface area contributed by atoms with Crippen LogP contribution in [0.5, 0.6) is 11.5 Å². The van der Waals surface area contributed by atoms with Gasteiger partial charge in [-0.2, -0.15) is 0 Å². The minimum Gasteiger partial charge on any atom is -0.495 e. The summed E-state index contributed by atoms with van der Waals surface area (Å²) in [5, 5.41) is 2.89. The van der Waals surface area contributed by atoms with E-state index in [-0.39, 0.29) is 27.8 Å². The van der Waals surface area contributed by atoms with Gasteiger partial charge in [0.05, 0.1) is 24.9 Å². The molecule has 1 aliphatic heterocycles. The summed E-state index contributed by atoms with van der Waals surface area (Å²) in [5.74, 6) is -1.22. The molecule has 1 heterocycles. The molecule has 1 N–H and O–H groups in total. The molecule has 1 aliphatic rings. The zero-order valence-corrected chi connectivity index (χ0v) is 16.3. The van der Waals surface area contributed by atoms with Gasteiger partial charge >= 0.3 is 6.03 Å². The Kier molecular flexibility index (Phi) is 5.58. The number of anilines is 1. The second-order valence-electron chi connectivity index (χ2n) is 5.67. The molecule has 0 bridgehead atoms. The summed E-state index contributed by atoms with van der Waals surface area (Å²) in [6.07, 6.45) is 1.37. The normalized spacial score (nSPS) is 15.6. The molecule has 4 amide bonds. The first kappa shape index (κ1) is 19.7. The molecule has 9 heteroatoms. The van der Waals surface area contributed by atoms with Crippen molar-refractivity contribution < 1.29 is 23.9 Å². The molecular formula is C19H14Cl2N2O5. The Hall–Kier alpha value is -3.03. The van der Waals surface area contributed by atoms with Gasteiger partial charge in [0.25, 0.3) is 11.8 Å². The second-order valence-corrected chi connectivity index (χ2v) is 6.51. The number of nitrogens with zero attached hydrogens (tertiary/aromatic N) is 1. The van der Waals surface area contributed by atoms with Crippen molar-refractivity contribution in [3.63, 3.8) is 0 Å². The standard InChI is InChI=1S/C19H14Cl2N2O5/c1-27-15-9-14(16(28-2)8-13(15)21)23-18(25)12(17(24)22-19(23)26)7-10-3-5-11(20)6-4-10/h3-9H,1-2H3,(H,22,24,26)/b12-7+. The number of carbonyl (C=O) groups is 3. The van der Waals surface area contributed by atoms with Crippen LogP contribution in [0.25, 0.3) is 6.08 Å². The van der Waals surface area contributed by atoms with Crippen molar-refractivity contribution in [3.8, 4) is 11.5 Å². The Labute approximate surface area is 170 Å². The maximum absolute atomic E-state index is 13.0. The topological polar surface area (TPSA) is 84.9 Å². The summed E-state index contributed by atoms with van der Waals surface area (Å²) in [5.41, 5.74) is 0.427. The van der Waals surface area contributed by atoms with Crippen molar-refractivity contribution in [2.75, 3.05) is 19.1 Å². The van der Waals surface area contributed by atoms with Gasteiger partial charge in [-0.05, 0) is 23.8 Å². The highest BCUT2D eigenvalue weighted by Crippen LogP contribution is 2.39. The highest BCUT2D eigenvalue weighted by Gasteiger charge is 2.38. The predicted molar refractivity (Wildman–Crippen MR) is 105 cm³/mol. The Morgan fingerprint density at radius 3 is 2.21 bits per heavy atom. The third-order valence-corrected chi connectivity index (χ3v) is 4.52. The molecular weight excluding hydrogens is 407 g/mol. The SMILES string of the molecule is COc1cc(N2C(=O)NC(=O)/C(=C\c3ccc(Cl)cc3)C2=O)c(OC)cc1Cl. The number of halogens is 2. The highest BCUT2D eigenvalue weighted by atomic mass is 35.5. The first-order chi connectivity index (χ1) is 13.3. The number of methoxy groups -OCH3 is 2. The van der Waals surface area contributed by atoms with E-state index in [9.17, 15) is 14.4 Å². The van der Waals surface area contributed by atoms with Crippen LogP contribution in [0.4, 0.5) is 10.5 Å². The molecule has 0 spiro atoms. The number of benzene rings is 2. The molecule has 3 rings (SSSR count). The number of hydrogen-bond donors (Lipinski definition) is 1. The van der Waals surface area contributed by atoms with Gasteiger partial charge in [-0.3, -0.25) is 14.9 Å². The van der Waals surface area contributed by atoms with Crippen LogP contribution >= 0.6 is 23.2 Å². The lowest BCUT2D eigenvalue weighted by molar-refractivity contribution is -0.122. The van der Waals surface area contributed by atoms with E-state index in [1.165, 1.54) is 32.4 Å². The van der Waals surface area contributed by atoms with Crippen LogP contribution in [0.2, 0.25) is 10.0 Å². The van der Waals surface area contributed by atoms with Crippen molar-refractivity contribution in [2.45, 2.75) is 0 Å². The first-order valence-electron chi connectivity index (χ1n) is 7.94. The lowest BCUT2D eigenvalue weighted by Crippen LogP contribution is -2.54. The summed E-state index contributed by atoms with van der Waals surface area (Å²) in [6.45, 7) is 0. The minimum atomic E-state index is -0.911. The minimum absolute atomic E-state index is 0.0840. The predicted octanol–water partition coefficient (Wildman–Crippen LogP) is 3.68. The Bertz CT molecular complexity index is 1000. The second kappa shape index (κ2) is 7.92. The monoisotopic (exact) mass is 420 g/mol. The average molecular weight is 421 g/mol. The van der Waals surface area contributed by atoms with Crippen molar-refractivity contribution in [1.82, 2.24) is 5.32 Å². The molecule has 28 heavy (non-hydrogen) atoms. The van der Waals surface area contributed by atoms with Crippen LogP contribution < -0.4 is 19.7 Å². The average Bonchev–Trinajstić information content (AvgIpc) is 2.67. The van der Waals surface area contributed by atoms with Gasteiger partial charge in [0, 0.05) is 17.2 Å². The van der Waals surface area contributed by atoms with Crippen LogP contribution in [0.1, 0.15) is 5.56 Å². The van der Waals surface area contributed by atoms with Gasteiger partial charge in [-0.15, -0.1) is 0 Å². The van der Waals surface area contributed by atoms with Gasteiger partial charge in [0.1, 0.15) is 17.1 Å². The maximum Gasteiger partial charge on any atom is 0.336 e. The molecule has 7 nitrogen and oxygen atoms in total. The van der Waals surface area contributed by atoms with Crippen LogP contribution in [-0.2, 0) is 9.59 Å². The molecule has 0 atom stereocenters. The lowest BCUT2D eigenvalue weighted by atomic mass is 10.1. The molecule has 0 aromatic heterocycles. The molecule has 0 saturated carbocycles.